The van der Waals surface area contributed by atoms with E-state index in [4.69, 9.17) is 4.74 Å². The predicted molar refractivity (Wildman–Crippen MR) is 74.5 cm³/mol. The van der Waals surface area contributed by atoms with Crippen LogP contribution in [0.3, 0.4) is 0 Å². The predicted octanol–water partition coefficient (Wildman–Crippen LogP) is 3.81. The Kier molecular flexibility index (Phi) is 4.57. The molecule has 0 spiro atoms. The first-order valence-electron chi connectivity index (χ1n) is 5.88. The summed E-state index contributed by atoms with van der Waals surface area (Å²) >= 11 is 3.44. The van der Waals surface area contributed by atoms with Gasteiger partial charge in [-0.3, -0.25) is 5.43 Å². The molecule has 0 atom stereocenters. The van der Waals surface area contributed by atoms with Gasteiger partial charge >= 0.3 is 0 Å². The molecule has 1 N–H and O–H groups in total. The number of benzene rings is 1. The van der Waals surface area contributed by atoms with E-state index in [-0.39, 0.29) is 0 Å². The zero-order valence-corrected chi connectivity index (χ0v) is 11.5. The van der Waals surface area contributed by atoms with E-state index in [1.807, 2.05) is 24.3 Å². The quantitative estimate of drug-likeness (QED) is 0.861. The fourth-order valence-corrected chi connectivity index (χ4v) is 2.37. The SMILES string of the molecule is COC1CCC(=NNc2cccc(Br)c2)CC1. The molecule has 0 radical (unpaired) electrons. The van der Waals surface area contributed by atoms with Crippen LogP contribution in [0.2, 0.25) is 0 Å². The molecule has 0 unspecified atom stereocenters. The Labute approximate surface area is 110 Å². The molecule has 0 aliphatic heterocycles. The van der Waals surface area contributed by atoms with E-state index < -0.39 is 0 Å². The van der Waals surface area contributed by atoms with Crippen LogP contribution >= 0.6 is 15.9 Å². The number of nitrogens with zero attached hydrogens (tertiary/aromatic N) is 1. The van der Waals surface area contributed by atoms with Crippen LogP contribution in [0.15, 0.2) is 33.8 Å². The molecule has 1 fully saturated rings. The molecule has 2 rings (SSSR count). The first-order valence-corrected chi connectivity index (χ1v) is 6.67. The van der Waals surface area contributed by atoms with Gasteiger partial charge in [-0.05, 0) is 43.9 Å². The Morgan fingerprint density at radius 1 is 1.35 bits per heavy atom. The van der Waals surface area contributed by atoms with Crippen LogP contribution in [-0.2, 0) is 4.74 Å². The minimum atomic E-state index is 0.416. The molecule has 1 aliphatic carbocycles. The van der Waals surface area contributed by atoms with Crippen molar-refractivity contribution in [3.05, 3.63) is 28.7 Å². The van der Waals surface area contributed by atoms with Gasteiger partial charge < -0.3 is 4.74 Å². The molecule has 0 heterocycles. The third-order valence-corrected chi connectivity index (χ3v) is 3.50. The lowest BCUT2D eigenvalue weighted by Gasteiger charge is -2.21. The molecule has 0 amide bonds. The molecule has 3 nitrogen and oxygen atoms in total. The minimum Gasteiger partial charge on any atom is -0.381 e. The lowest BCUT2D eigenvalue weighted by atomic mass is 9.96. The van der Waals surface area contributed by atoms with Crippen LogP contribution in [0.1, 0.15) is 25.7 Å². The molecule has 0 bridgehead atoms. The molecule has 1 aromatic rings. The van der Waals surface area contributed by atoms with Crippen molar-refractivity contribution in [1.29, 1.82) is 0 Å². The summed E-state index contributed by atoms with van der Waals surface area (Å²) in [5.74, 6) is 0. The van der Waals surface area contributed by atoms with Gasteiger partial charge in [0.1, 0.15) is 0 Å². The Balaban J connectivity index is 1.89. The number of halogens is 1. The normalized spacial score (nSPS) is 20.1. The number of hydrogen-bond acceptors (Lipinski definition) is 3. The average molecular weight is 297 g/mol. The Hall–Kier alpha value is -0.870. The summed E-state index contributed by atoms with van der Waals surface area (Å²) in [7, 11) is 1.78. The first-order chi connectivity index (χ1) is 8.28. The van der Waals surface area contributed by atoms with Gasteiger partial charge in [0.2, 0.25) is 0 Å². The van der Waals surface area contributed by atoms with Crippen molar-refractivity contribution in [3.63, 3.8) is 0 Å². The zero-order valence-electron chi connectivity index (χ0n) is 9.95. The molecule has 0 saturated heterocycles. The first kappa shape index (κ1) is 12.6. The Bertz CT molecular complexity index is 396. The number of hydrazone groups is 1. The van der Waals surface area contributed by atoms with Gasteiger partial charge in [-0.1, -0.05) is 22.0 Å². The summed E-state index contributed by atoms with van der Waals surface area (Å²) in [6.45, 7) is 0. The van der Waals surface area contributed by atoms with E-state index in [1.54, 1.807) is 7.11 Å². The number of rotatable bonds is 3. The summed E-state index contributed by atoms with van der Waals surface area (Å²) < 4.78 is 6.40. The van der Waals surface area contributed by atoms with Crippen molar-refractivity contribution in [2.24, 2.45) is 5.10 Å². The summed E-state index contributed by atoms with van der Waals surface area (Å²) in [6.07, 6.45) is 4.63. The lowest BCUT2D eigenvalue weighted by molar-refractivity contribution is 0.0863. The molecular formula is C13H17BrN2O. The van der Waals surface area contributed by atoms with Gasteiger partial charge in [-0.15, -0.1) is 0 Å². The molecule has 1 aromatic carbocycles. The highest BCUT2D eigenvalue weighted by molar-refractivity contribution is 9.10. The van der Waals surface area contributed by atoms with Crippen molar-refractivity contribution in [2.45, 2.75) is 31.8 Å². The second-order valence-corrected chi connectivity index (χ2v) is 5.15. The zero-order chi connectivity index (χ0) is 12.1. The molecular weight excluding hydrogens is 280 g/mol. The lowest BCUT2D eigenvalue weighted by Crippen LogP contribution is -2.20. The van der Waals surface area contributed by atoms with E-state index in [0.29, 0.717) is 6.10 Å². The van der Waals surface area contributed by atoms with Crippen LogP contribution in [-0.4, -0.2) is 18.9 Å². The fourth-order valence-electron chi connectivity index (χ4n) is 1.97. The fraction of sp³-hybridized carbons (Fsp3) is 0.462. The monoisotopic (exact) mass is 296 g/mol. The maximum atomic E-state index is 5.34. The van der Waals surface area contributed by atoms with Gasteiger partial charge in [0.15, 0.2) is 0 Å². The molecule has 17 heavy (non-hydrogen) atoms. The number of ether oxygens (including phenoxy) is 1. The van der Waals surface area contributed by atoms with E-state index in [1.165, 1.54) is 5.71 Å². The summed E-state index contributed by atoms with van der Waals surface area (Å²) in [5, 5.41) is 4.45. The number of hydrogen-bond donors (Lipinski definition) is 1. The third kappa shape index (κ3) is 3.82. The van der Waals surface area contributed by atoms with Crippen LogP contribution in [0.5, 0.6) is 0 Å². The molecule has 0 aromatic heterocycles. The highest BCUT2D eigenvalue weighted by Crippen LogP contribution is 2.19. The van der Waals surface area contributed by atoms with Crippen LogP contribution < -0.4 is 5.43 Å². The van der Waals surface area contributed by atoms with E-state index in [2.05, 4.69) is 26.5 Å². The topological polar surface area (TPSA) is 33.6 Å². The minimum absolute atomic E-state index is 0.416. The smallest absolute Gasteiger partial charge is 0.0578 e. The van der Waals surface area contributed by atoms with Crippen LogP contribution in [0, 0.1) is 0 Å². The van der Waals surface area contributed by atoms with Crippen molar-refractivity contribution >= 4 is 27.3 Å². The second-order valence-electron chi connectivity index (χ2n) is 4.24. The van der Waals surface area contributed by atoms with E-state index >= 15 is 0 Å². The van der Waals surface area contributed by atoms with Crippen LogP contribution in [0.4, 0.5) is 5.69 Å². The van der Waals surface area contributed by atoms with Gasteiger partial charge in [0, 0.05) is 17.3 Å². The highest BCUT2D eigenvalue weighted by atomic mass is 79.9. The van der Waals surface area contributed by atoms with E-state index in [9.17, 15) is 0 Å². The van der Waals surface area contributed by atoms with Gasteiger partial charge in [-0.2, -0.15) is 5.10 Å². The number of nitrogens with one attached hydrogen (secondary N) is 1. The molecule has 1 saturated carbocycles. The second kappa shape index (κ2) is 6.17. The Morgan fingerprint density at radius 3 is 2.76 bits per heavy atom. The van der Waals surface area contributed by atoms with Gasteiger partial charge in [0.05, 0.1) is 11.8 Å². The van der Waals surface area contributed by atoms with E-state index in [0.717, 1.165) is 35.8 Å². The van der Waals surface area contributed by atoms with Crippen LogP contribution in [0.25, 0.3) is 0 Å². The number of anilines is 1. The maximum absolute atomic E-state index is 5.34. The largest absolute Gasteiger partial charge is 0.381 e. The van der Waals surface area contributed by atoms with Crippen molar-refractivity contribution in [3.8, 4) is 0 Å². The third-order valence-electron chi connectivity index (χ3n) is 3.01. The van der Waals surface area contributed by atoms with Crippen molar-refractivity contribution in [2.75, 3.05) is 12.5 Å². The summed E-state index contributed by atoms with van der Waals surface area (Å²) in [6, 6.07) is 8.02. The van der Waals surface area contributed by atoms with Gasteiger partial charge in [0.25, 0.3) is 0 Å². The standard InChI is InChI=1S/C13H17BrN2O/c1-17-13-7-5-11(6-8-13)15-16-12-4-2-3-10(14)9-12/h2-4,9,13,16H,5-8H2,1H3. The summed E-state index contributed by atoms with van der Waals surface area (Å²) in [5.41, 5.74) is 5.35. The maximum Gasteiger partial charge on any atom is 0.0578 e. The van der Waals surface area contributed by atoms with Gasteiger partial charge in [-0.25, -0.2) is 0 Å². The highest BCUT2D eigenvalue weighted by Gasteiger charge is 2.16. The van der Waals surface area contributed by atoms with Crippen molar-refractivity contribution < 1.29 is 4.74 Å². The number of methoxy groups -OCH3 is 1. The van der Waals surface area contributed by atoms with Crippen molar-refractivity contribution in [1.82, 2.24) is 0 Å². The summed E-state index contributed by atoms with van der Waals surface area (Å²) in [4.78, 5) is 0. The molecule has 92 valence electrons. The molecule has 1 aliphatic rings. The average Bonchev–Trinajstić information content (AvgIpc) is 2.37. The molecule has 4 heteroatoms. The Morgan fingerprint density at radius 2 is 2.12 bits per heavy atom.